The van der Waals surface area contributed by atoms with Crippen LogP contribution in [0.3, 0.4) is 0 Å². The van der Waals surface area contributed by atoms with Crippen molar-refractivity contribution in [2.75, 3.05) is 18.9 Å². The molecule has 0 radical (unpaired) electrons. The molecule has 114 valence electrons. The molecule has 0 atom stereocenters. The van der Waals surface area contributed by atoms with Crippen LogP contribution in [0.1, 0.15) is 37.0 Å². The van der Waals surface area contributed by atoms with Crippen LogP contribution in [0.4, 0.5) is 11.4 Å². The van der Waals surface area contributed by atoms with Gasteiger partial charge in [0.05, 0.1) is 4.92 Å². The molecule has 1 N–H and O–H groups in total. The van der Waals surface area contributed by atoms with Crippen LogP contribution in [0.5, 0.6) is 0 Å². The Morgan fingerprint density at radius 2 is 2.14 bits per heavy atom. The lowest BCUT2D eigenvalue weighted by Gasteiger charge is -2.27. The molecule has 1 aliphatic carbocycles. The average molecular weight is 291 g/mol. The van der Waals surface area contributed by atoms with Crippen LogP contribution in [0.25, 0.3) is 0 Å². The van der Waals surface area contributed by atoms with Gasteiger partial charge in [0.25, 0.3) is 11.6 Å². The number of amides is 1. The van der Waals surface area contributed by atoms with E-state index in [0.29, 0.717) is 17.2 Å². The Hall–Kier alpha value is -2.11. The number of hydrogen-bond donors (Lipinski definition) is 1. The van der Waals surface area contributed by atoms with Crippen LogP contribution >= 0.6 is 0 Å². The molecule has 6 heteroatoms. The summed E-state index contributed by atoms with van der Waals surface area (Å²) in [6.07, 6.45) is 2.36. The van der Waals surface area contributed by atoms with Gasteiger partial charge in [-0.2, -0.15) is 0 Å². The SMILES string of the molecule is CNc1cc(C(=O)N(CC2CC2)C(C)C)ccc1[N+](=O)[O-]. The number of anilines is 1. The molecule has 1 aromatic carbocycles. The molecule has 0 aromatic heterocycles. The zero-order chi connectivity index (χ0) is 15.6. The Kier molecular flexibility index (Phi) is 4.45. The summed E-state index contributed by atoms with van der Waals surface area (Å²) in [5, 5.41) is 13.7. The first-order valence-electron chi connectivity index (χ1n) is 7.21. The predicted octanol–water partition coefficient (Wildman–Crippen LogP) is 2.90. The maximum Gasteiger partial charge on any atom is 0.292 e. The standard InChI is InChI=1S/C15H21N3O3/c1-10(2)17(9-11-4-5-11)15(19)12-6-7-14(18(20)21)13(8-12)16-3/h6-8,10-11,16H,4-5,9H2,1-3H3. The summed E-state index contributed by atoms with van der Waals surface area (Å²) < 4.78 is 0. The summed E-state index contributed by atoms with van der Waals surface area (Å²) in [4.78, 5) is 24.9. The minimum atomic E-state index is -0.454. The van der Waals surface area contributed by atoms with Crippen LogP contribution in [-0.2, 0) is 0 Å². The molecule has 2 rings (SSSR count). The molecular weight excluding hydrogens is 270 g/mol. The lowest BCUT2D eigenvalue weighted by atomic mass is 10.1. The fourth-order valence-electron chi connectivity index (χ4n) is 2.30. The summed E-state index contributed by atoms with van der Waals surface area (Å²) in [7, 11) is 1.61. The van der Waals surface area contributed by atoms with E-state index in [-0.39, 0.29) is 17.6 Å². The monoisotopic (exact) mass is 291 g/mol. The summed E-state index contributed by atoms with van der Waals surface area (Å²) in [6.45, 7) is 4.75. The largest absolute Gasteiger partial charge is 0.383 e. The number of nitrogens with zero attached hydrogens (tertiary/aromatic N) is 2. The van der Waals surface area contributed by atoms with E-state index in [0.717, 1.165) is 6.54 Å². The van der Waals surface area contributed by atoms with Crippen LogP contribution in [0, 0.1) is 16.0 Å². The van der Waals surface area contributed by atoms with Gasteiger partial charge >= 0.3 is 0 Å². The molecule has 6 nitrogen and oxygen atoms in total. The van der Waals surface area contributed by atoms with Gasteiger partial charge < -0.3 is 10.2 Å². The number of nitro groups is 1. The van der Waals surface area contributed by atoms with Gasteiger partial charge in [0.2, 0.25) is 0 Å². The average Bonchev–Trinajstić information content (AvgIpc) is 3.26. The zero-order valence-electron chi connectivity index (χ0n) is 12.6. The first kappa shape index (κ1) is 15.3. The molecule has 1 aliphatic rings. The highest BCUT2D eigenvalue weighted by Gasteiger charge is 2.29. The summed E-state index contributed by atoms with van der Waals surface area (Å²) in [5.74, 6) is 0.543. The molecule has 0 unspecified atom stereocenters. The molecule has 0 saturated heterocycles. The van der Waals surface area contributed by atoms with Crippen molar-refractivity contribution >= 4 is 17.3 Å². The van der Waals surface area contributed by atoms with Gasteiger partial charge in [-0.25, -0.2) is 0 Å². The fourth-order valence-corrected chi connectivity index (χ4v) is 2.30. The lowest BCUT2D eigenvalue weighted by molar-refractivity contribution is -0.383. The Labute approximate surface area is 124 Å². The first-order chi connectivity index (χ1) is 9.93. The van der Waals surface area contributed by atoms with Gasteiger partial charge in [0, 0.05) is 31.3 Å². The van der Waals surface area contributed by atoms with Gasteiger partial charge in [-0.1, -0.05) is 0 Å². The Morgan fingerprint density at radius 1 is 1.48 bits per heavy atom. The third-order valence-electron chi connectivity index (χ3n) is 3.75. The van der Waals surface area contributed by atoms with Gasteiger partial charge in [-0.15, -0.1) is 0 Å². The van der Waals surface area contributed by atoms with Crippen molar-refractivity contribution in [2.24, 2.45) is 5.92 Å². The second kappa shape index (κ2) is 6.11. The highest BCUT2D eigenvalue weighted by Crippen LogP contribution is 2.31. The van der Waals surface area contributed by atoms with Gasteiger partial charge in [-0.3, -0.25) is 14.9 Å². The Morgan fingerprint density at radius 3 is 2.62 bits per heavy atom. The van der Waals surface area contributed by atoms with Crippen molar-refractivity contribution in [3.05, 3.63) is 33.9 Å². The van der Waals surface area contributed by atoms with Gasteiger partial charge in [0.15, 0.2) is 0 Å². The van der Waals surface area contributed by atoms with E-state index in [1.165, 1.54) is 25.0 Å². The topological polar surface area (TPSA) is 75.5 Å². The highest BCUT2D eigenvalue weighted by molar-refractivity contribution is 5.96. The van der Waals surface area contributed by atoms with Crippen LogP contribution in [0.2, 0.25) is 0 Å². The molecule has 1 saturated carbocycles. The number of carbonyl (C=O) groups excluding carboxylic acids is 1. The van der Waals surface area contributed by atoms with Crippen molar-refractivity contribution in [3.8, 4) is 0 Å². The number of nitro benzene ring substituents is 1. The van der Waals surface area contributed by atoms with Crippen LogP contribution < -0.4 is 5.32 Å². The first-order valence-corrected chi connectivity index (χ1v) is 7.21. The maximum atomic E-state index is 12.6. The molecule has 0 bridgehead atoms. The second-order valence-corrected chi connectivity index (χ2v) is 5.73. The van der Waals surface area contributed by atoms with Crippen molar-refractivity contribution < 1.29 is 9.72 Å². The summed E-state index contributed by atoms with van der Waals surface area (Å²) in [6, 6.07) is 4.59. The molecule has 1 amide bonds. The highest BCUT2D eigenvalue weighted by atomic mass is 16.6. The summed E-state index contributed by atoms with van der Waals surface area (Å²) >= 11 is 0. The molecule has 1 fully saturated rings. The van der Waals surface area contributed by atoms with E-state index in [2.05, 4.69) is 5.32 Å². The molecule has 0 aliphatic heterocycles. The Balaban J connectivity index is 2.26. The summed E-state index contributed by atoms with van der Waals surface area (Å²) in [5.41, 5.74) is 0.826. The number of hydrogen-bond acceptors (Lipinski definition) is 4. The minimum Gasteiger partial charge on any atom is -0.383 e. The number of nitrogens with one attached hydrogen (secondary N) is 1. The van der Waals surface area contributed by atoms with Crippen molar-refractivity contribution in [2.45, 2.75) is 32.7 Å². The Bertz CT molecular complexity index is 553. The van der Waals surface area contributed by atoms with E-state index in [4.69, 9.17) is 0 Å². The fraction of sp³-hybridized carbons (Fsp3) is 0.533. The van der Waals surface area contributed by atoms with E-state index < -0.39 is 4.92 Å². The lowest BCUT2D eigenvalue weighted by Crippen LogP contribution is -2.38. The van der Waals surface area contributed by atoms with Crippen LogP contribution in [0.15, 0.2) is 18.2 Å². The quantitative estimate of drug-likeness (QED) is 0.646. The van der Waals surface area contributed by atoms with E-state index in [1.54, 1.807) is 13.1 Å². The molecule has 0 heterocycles. The number of rotatable bonds is 6. The van der Waals surface area contributed by atoms with Crippen molar-refractivity contribution in [1.29, 1.82) is 0 Å². The van der Waals surface area contributed by atoms with Crippen molar-refractivity contribution in [1.82, 2.24) is 4.90 Å². The second-order valence-electron chi connectivity index (χ2n) is 5.73. The minimum absolute atomic E-state index is 0.0210. The molecule has 1 aromatic rings. The van der Waals surface area contributed by atoms with Crippen LogP contribution in [-0.4, -0.2) is 35.4 Å². The van der Waals surface area contributed by atoms with Crippen molar-refractivity contribution in [3.63, 3.8) is 0 Å². The zero-order valence-corrected chi connectivity index (χ0v) is 12.6. The van der Waals surface area contributed by atoms with Gasteiger partial charge in [0.1, 0.15) is 5.69 Å². The number of benzene rings is 1. The van der Waals surface area contributed by atoms with E-state index in [1.807, 2.05) is 18.7 Å². The molecule has 21 heavy (non-hydrogen) atoms. The third kappa shape index (κ3) is 3.51. The third-order valence-corrected chi connectivity index (χ3v) is 3.75. The normalized spacial score (nSPS) is 14.1. The molecular formula is C15H21N3O3. The number of carbonyl (C=O) groups is 1. The van der Waals surface area contributed by atoms with E-state index in [9.17, 15) is 14.9 Å². The smallest absolute Gasteiger partial charge is 0.292 e. The predicted molar refractivity (Wildman–Crippen MR) is 81.5 cm³/mol. The molecule has 0 spiro atoms. The maximum absolute atomic E-state index is 12.6. The van der Waals surface area contributed by atoms with E-state index >= 15 is 0 Å². The van der Waals surface area contributed by atoms with Gasteiger partial charge in [-0.05, 0) is 44.7 Å².